The summed E-state index contributed by atoms with van der Waals surface area (Å²) in [6, 6.07) is 0. The molecule has 1 aliphatic rings. The fraction of sp³-hybridized carbons (Fsp3) is 0.571. The maximum absolute atomic E-state index is 12.5. The van der Waals surface area contributed by atoms with Crippen molar-refractivity contribution in [3.63, 3.8) is 0 Å². The number of aromatic amines is 1. The number of ether oxygens (including phenoxy) is 2. The zero-order valence-corrected chi connectivity index (χ0v) is 17.1. The highest BCUT2D eigenvalue weighted by atomic mass is 16.5. The van der Waals surface area contributed by atoms with Crippen LogP contribution in [0.5, 0.6) is 0 Å². The Hall–Kier alpha value is -2.57. The second-order valence-corrected chi connectivity index (χ2v) is 7.04. The van der Waals surface area contributed by atoms with Crippen LogP contribution in [-0.2, 0) is 14.3 Å². The number of H-pyrrole nitrogens is 1. The van der Waals surface area contributed by atoms with Crippen LogP contribution < -0.4 is 5.32 Å². The minimum absolute atomic E-state index is 0.226. The van der Waals surface area contributed by atoms with Crippen LogP contribution in [0.25, 0.3) is 0 Å². The molecule has 0 spiro atoms. The molecular formula is C21H30N2O5. The van der Waals surface area contributed by atoms with Gasteiger partial charge in [0.05, 0.1) is 12.2 Å². The van der Waals surface area contributed by atoms with Gasteiger partial charge in [-0.15, -0.1) is 0 Å². The number of carbonyl (C=O) groups is 3. The van der Waals surface area contributed by atoms with Crippen molar-refractivity contribution in [1.29, 1.82) is 0 Å². The van der Waals surface area contributed by atoms with Crippen molar-refractivity contribution in [2.75, 3.05) is 13.2 Å². The molecular weight excluding hydrogens is 360 g/mol. The molecule has 1 aromatic heterocycles. The highest BCUT2D eigenvalue weighted by molar-refractivity contribution is 5.99. The first-order valence-electron chi connectivity index (χ1n) is 9.88. The van der Waals surface area contributed by atoms with Gasteiger partial charge < -0.3 is 19.8 Å². The Morgan fingerprint density at radius 3 is 2.61 bits per heavy atom. The second kappa shape index (κ2) is 10.1. The van der Waals surface area contributed by atoms with Crippen LogP contribution in [0.4, 0.5) is 0 Å². The lowest BCUT2D eigenvalue weighted by Crippen LogP contribution is -2.36. The second-order valence-electron chi connectivity index (χ2n) is 7.04. The number of aromatic nitrogens is 1. The lowest BCUT2D eigenvalue weighted by molar-refractivity contribution is -0.129. The zero-order chi connectivity index (χ0) is 20.7. The van der Waals surface area contributed by atoms with Crippen molar-refractivity contribution < 1.29 is 23.9 Å². The van der Waals surface area contributed by atoms with Crippen molar-refractivity contribution in [2.45, 2.75) is 65.9 Å². The third kappa shape index (κ3) is 5.47. The van der Waals surface area contributed by atoms with Crippen LogP contribution in [0.3, 0.4) is 0 Å². The minimum atomic E-state index is -0.924. The number of rotatable bonds is 8. The largest absolute Gasteiger partial charge is 0.461 e. The summed E-state index contributed by atoms with van der Waals surface area (Å²) in [6.07, 6.45) is 6.79. The molecule has 1 heterocycles. The van der Waals surface area contributed by atoms with Gasteiger partial charge in [0.15, 0.2) is 6.10 Å². The number of amides is 1. The van der Waals surface area contributed by atoms with E-state index in [-0.39, 0.29) is 23.8 Å². The molecule has 0 saturated heterocycles. The highest BCUT2D eigenvalue weighted by Gasteiger charge is 2.26. The lowest BCUT2D eigenvalue weighted by Gasteiger charge is -2.16. The number of nitrogens with one attached hydrogen (secondary N) is 2. The van der Waals surface area contributed by atoms with Crippen LogP contribution in [0, 0.1) is 13.8 Å². The Labute approximate surface area is 165 Å². The summed E-state index contributed by atoms with van der Waals surface area (Å²) >= 11 is 0. The van der Waals surface area contributed by atoms with E-state index in [2.05, 4.69) is 16.4 Å². The van der Waals surface area contributed by atoms with Gasteiger partial charge in [0, 0.05) is 12.2 Å². The average molecular weight is 390 g/mol. The van der Waals surface area contributed by atoms with E-state index in [1.807, 2.05) is 0 Å². The van der Waals surface area contributed by atoms with Crippen molar-refractivity contribution in [3.05, 3.63) is 34.2 Å². The van der Waals surface area contributed by atoms with Crippen molar-refractivity contribution in [2.24, 2.45) is 0 Å². The van der Waals surface area contributed by atoms with E-state index in [4.69, 9.17) is 9.47 Å². The monoisotopic (exact) mass is 390 g/mol. The van der Waals surface area contributed by atoms with Gasteiger partial charge >= 0.3 is 11.9 Å². The van der Waals surface area contributed by atoms with Gasteiger partial charge in [-0.05, 0) is 65.4 Å². The first kappa shape index (κ1) is 21.7. The molecule has 0 saturated carbocycles. The Bertz CT molecular complexity index is 763. The Morgan fingerprint density at radius 1 is 1.21 bits per heavy atom. The molecule has 0 unspecified atom stereocenters. The quantitative estimate of drug-likeness (QED) is 0.524. The molecule has 0 aliphatic heterocycles. The van der Waals surface area contributed by atoms with E-state index < -0.39 is 18.0 Å². The molecule has 154 valence electrons. The Morgan fingerprint density at radius 2 is 1.96 bits per heavy atom. The molecule has 0 aromatic carbocycles. The first-order chi connectivity index (χ1) is 13.3. The number of hydrogen-bond donors (Lipinski definition) is 2. The summed E-state index contributed by atoms with van der Waals surface area (Å²) in [6.45, 7) is 7.34. The van der Waals surface area contributed by atoms with Gasteiger partial charge in [0.2, 0.25) is 0 Å². The number of carbonyl (C=O) groups excluding carboxylic acids is 3. The third-order valence-electron chi connectivity index (χ3n) is 4.90. The SMILES string of the molecule is CCOC(=O)c1[nH]c(C)c(C(=O)O[C@@H](C)C(=O)NCCC2=CCCCC2)c1C. The number of aryl methyl sites for hydroxylation is 1. The topological polar surface area (TPSA) is 97.5 Å². The van der Waals surface area contributed by atoms with Crippen LogP contribution in [0.15, 0.2) is 11.6 Å². The molecule has 0 bridgehead atoms. The van der Waals surface area contributed by atoms with E-state index >= 15 is 0 Å². The van der Waals surface area contributed by atoms with Gasteiger partial charge in [-0.2, -0.15) is 0 Å². The molecule has 2 N–H and O–H groups in total. The third-order valence-corrected chi connectivity index (χ3v) is 4.90. The van der Waals surface area contributed by atoms with E-state index in [1.54, 1.807) is 20.8 Å². The zero-order valence-electron chi connectivity index (χ0n) is 17.1. The summed E-state index contributed by atoms with van der Waals surface area (Å²) in [5.74, 6) is -1.49. The normalized spacial score (nSPS) is 14.8. The van der Waals surface area contributed by atoms with Gasteiger partial charge in [0.25, 0.3) is 5.91 Å². The molecule has 2 rings (SSSR count). The fourth-order valence-corrected chi connectivity index (χ4v) is 3.36. The summed E-state index contributed by atoms with van der Waals surface area (Å²) in [4.78, 5) is 39.6. The summed E-state index contributed by atoms with van der Waals surface area (Å²) in [5, 5.41) is 2.82. The molecule has 1 atom stereocenters. The van der Waals surface area contributed by atoms with Gasteiger partial charge in [-0.3, -0.25) is 4.79 Å². The highest BCUT2D eigenvalue weighted by Crippen LogP contribution is 2.21. The van der Waals surface area contributed by atoms with Crippen molar-refractivity contribution in [1.82, 2.24) is 10.3 Å². The smallest absolute Gasteiger partial charge is 0.355 e. The first-order valence-corrected chi connectivity index (χ1v) is 9.88. The molecule has 0 fully saturated rings. The fourth-order valence-electron chi connectivity index (χ4n) is 3.36. The van der Waals surface area contributed by atoms with E-state index in [0.717, 1.165) is 19.3 Å². The molecule has 28 heavy (non-hydrogen) atoms. The maximum atomic E-state index is 12.5. The summed E-state index contributed by atoms with van der Waals surface area (Å²) in [7, 11) is 0. The summed E-state index contributed by atoms with van der Waals surface area (Å²) in [5.41, 5.74) is 2.82. The van der Waals surface area contributed by atoms with Crippen LogP contribution in [0.2, 0.25) is 0 Å². The number of allylic oxidation sites excluding steroid dienone is 1. The predicted octanol–water partition coefficient (Wildman–Crippen LogP) is 3.36. The lowest BCUT2D eigenvalue weighted by atomic mass is 9.97. The van der Waals surface area contributed by atoms with Crippen LogP contribution in [-0.4, -0.2) is 42.1 Å². The summed E-state index contributed by atoms with van der Waals surface area (Å²) < 4.78 is 10.3. The van der Waals surface area contributed by atoms with Gasteiger partial charge in [0.1, 0.15) is 5.69 Å². The number of esters is 2. The minimum Gasteiger partial charge on any atom is -0.461 e. The number of hydrogen-bond acceptors (Lipinski definition) is 5. The molecule has 7 heteroatoms. The Kier molecular flexibility index (Phi) is 7.84. The van der Waals surface area contributed by atoms with E-state index in [1.165, 1.54) is 25.3 Å². The maximum Gasteiger partial charge on any atom is 0.355 e. The van der Waals surface area contributed by atoms with E-state index in [0.29, 0.717) is 17.8 Å². The van der Waals surface area contributed by atoms with Crippen molar-refractivity contribution >= 4 is 17.8 Å². The standard InChI is InChI=1S/C21H30N2O5/c1-5-27-21(26)18-13(2)17(14(3)23-18)20(25)28-15(4)19(24)22-12-11-16-9-7-6-8-10-16/h9,15,23H,5-8,10-12H2,1-4H3,(H,22,24)/t15-/m0/s1. The van der Waals surface area contributed by atoms with Gasteiger partial charge in [-0.1, -0.05) is 11.6 Å². The Balaban J connectivity index is 1.91. The molecule has 7 nitrogen and oxygen atoms in total. The molecule has 1 aliphatic carbocycles. The van der Waals surface area contributed by atoms with Crippen molar-refractivity contribution in [3.8, 4) is 0 Å². The van der Waals surface area contributed by atoms with Crippen LogP contribution >= 0.6 is 0 Å². The molecule has 0 radical (unpaired) electrons. The average Bonchev–Trinajstić information content (AvgIpc) is 2.97. The van der Waals surface area contributed by atoms with Gasteiger partial charge in [-0.25, -0.2) is 9.59 Å². The molecule has 1 aromatic rings. The predicted molar refractivity (Wildman–Crippen MR) is 105 cm³/mol. The van der Waals surface area contributed by atoms with E-state index in [9.17, 15) is 14.4 Å². The van der Waals surface area contributed by atoms with Crippen LogP contribution in [0.1, 0.15) is 78.1 Å². The molecule has 1 amide bonds.